The van der Waals surface area contributed by atoms with Crippen molar-refractivity contribution in [2.45, 2.75) is 38.4 Å². The molecular weight excluding hydrogens is 300 g/mol. The fourth-order valence-electron chi connectivity index (χ4n) is 3.02. The molecule has 0 aromatic rings. The second-order valence-corrected chi connectivity index (χ2v) is 5.82. The Morgan fingerprint density at radius 1 is 1.39 bits per heavy atom. The molecule has 126 valence electrons. The third-order valence-electron chi connectivity index (χ3n) is 4.15. The van der Waals surface area contributed by atoms with Gasteiger partial charge in [0.15, 0.2) is 0 Å². The smallest absolute Gasteiger partial charge is 0.334 e. The molecule has 6 nitrogen and oxygen atoms in total. The summed E-state index contributed by atoms with van der Waals surface area (Å²) in [4.78, 5) is 23.3. The molecule has 0 saturated carbocycles. The number of carbonyl (C=O) groups excluding carboxylic acids is 2. The zero-order chi connectivity index (χ0) is 17.0. The van der Waals surface area contributed by atoms with Gasteiger partial charge in [-0.2, -0.15) is 0 Å². The highest BCUT2D eigenvalue weighted by molar-refractivity contribution is 5.91. The highest BCUT2D eigenvalue weighted by atomic mass is 16.6. The molecule has 3 atom stereocenters. The van der Waals surface area contributed by atoms with E-state index >= 15 is 0 Å². The van der Waals surface area contributed by atoms with Crippen LogP contribution in [-0.4, -0.2) is 47.6 Å². The molecule has 1 saturated heterocycles. The van der Waals surface area contributed by atoms with E-state index in [1.165, 1.54) is 6.92 Å². The first-order chi connectivity index (χ1) is 11.0. The second kappa shape index (κ2) is 7.57. The summed E-state index contributed by atoms with van der Waals surface area (Å²) in [5.41, 5.74) is 1.70. The van der Waals surface area contributed by atoms with Crippen molar-refractivity contribution in [2.75, 3.05) is 13.2 Å². The average molecular weight is 322 g/mol. The molecule has 0 unspecified atom stereocenters. The van der Waals surface area contributed by atoms with E-state index in [2.05, 4.69) is 6.58 Å². The van der Waals surface area contributed by atoms with Crippen LogP contribution in [0, 0.1) is 5.92 Å². The lowest BCUT2D eigenvalue weighted by molar-refractivity contribution is -0.149. The maximum absolute atomic E-state index is 11.9. The topological polar surface area (TPSA) is 93.1 Å². The molecular formula is C17H22O6. The third-order valence-corrected chi connectivity index (χ3v) is 4.15. The summed E-state index contributed by atoms with van der Waals surface area (Å²) in [6.07, 6.45) is 3.88. The number of rotatable bonds is 3. The number of hydrogen-bond donors (Lipinski definition) is 2. The van der Waals surface area contributed by atoms with Gasteiger partial charge in [0.25, 0.3) is 0 Å². The van der Waals surface area contributed by atoms with E-state index in [9.17, 15) is 19.8 Å². The van der Waals surface area contributed by atoms with Crippen LogP contribution in [0.1, 0.15) is 26.2 Å². The predicted molar refractivity (Wildman–Crippen MR) is 82.3 cm³/mol. The number of carbonyl (C=O) groups is 2. The van der Waals surface area contributed by atoms with Gasteiger partial charge in [-0.3, -0.25) is 4.79 Å². The maximum Gasteiger partial charge on any atom is 0.334 e. The van der Waals surface area contributed by atoms with Crippen molar-refractivity contribution in [3.63, 3.8) is 0 Å². The van der Waals surface area contributed by atoms with Gasteiger partial charge in [-0.25, -0.2) is 4.79 Å². The minimum atomic E-state index is -0.649. The fourth-order valence-corrected chi connectivity index (χ4v) is 3.02. The zero-order valence-corrected chi connectivity index (χ0v) is 13.2. The second-order valence-electron chi connectivity index (χ2n) is 5.82. The monoisotopic (exact) mass is 322 g/mol. The number of ether oxygens (including phenoxy) is 2. The van der Waals surface area contributed by atoms with Crippen molar-refractivity contribution < 1.29 is 29.3 Å². The Kier molecular flexibility index (Phi) is 5.74. The summed E-state index contributed by atoms with van der Waals surface area (Å²) in [6, 6.07) is 0. The van der Waals surface area contributed by atoms with E-state index in [1.54, 1.807) is 6.08 Å². The van der Waals surface area contributed by atoms with Crippen molar-refractivity contribution in [1.29, 1.82) is 0 Å². The van der Waals surface area contributed by atoms with E-state index in [-0.39, 0.29) is 18.8 Å². The van der Waals surface area contributed by atoms with Gasteiger partial charge in [0.05, 0.1) is 19.1 Å². The van der Waals surface area contributed by atoms with E-state index in [0.29, 0.717) is 19.3 Å². The average Bonchev–Trinajstić information content (AvgIpc) is 2.78. The summed E-state index contributed by atoms with van der Waals surface area (Å²) >= 11 is 0. The highest BCUT2D eigenvalue weighted by Gasteiger charge is 2.44. The molecule has 23 heavy (non-hydrogen) atoms. The Balaban J connectivity index is 2.42. The minimum Gasteiger partial charge on any atom is -0.461 e. The molecule has 0 spiro atoms. The van der Waals surface area contributed by atoms with E-state index in [1.807, 2.05) is 6.08 Å². The summed E-state index contributed by atoms with van der Waals surface area (Å²) in [6.45, 7) is 4.76. The first kappa shape index (κ1) is 17.4. The van der Waals surface area contributed by atoms with E-state index in [4.69, 9.17) is 9.47 Å². The molecule has 1 heterocycles. The van der Waals surface area contributed by atoms with Crippen LogP contribution in [0.5, 0.6) is 0 Å². The number of allylic oxidation sites excluding steroid dienone is 1. The standard InChI is InChI=1S/C17H22O6/c1-10-16-14(22-11(2)20)6-12(8-18)4-3-5-13(9-19)7-15(16)23-17(10)21/h4,7,14-16,18-19H,1,3,5-6,8-9H2,2H3/b12-4-,13-7-/t14-,15+,16+/m0/s1. The number of fused-ring (bicyclic) bond motifs is 1. The summed E-state index contributed by atoms with van der Waals surface area (Å²) in [5, 5.41) is 19.0. The summed E-state index contributed by atoms with van der Waals surface area (Å²) < 4.78 is 10.7. The first-order valence-corrected chi connectivity index (χ1v) is 7.62. The Morgan fingerprint density at radius 3 is 2.70 bits per heavy atom. The Morgan fingerprint density at radius 2 is 2.09 bits per heavy atom. The number of aliphatic hydroxyl groups is 2. The van der Waals surface area contributed by atoms with Gasteiger partial charge in [0.1, 0.15) is 12.2 Å². The van der Waals surface area contributed by atoms with Crippen LogP contribution in [-0.2, 0) is 19.1 Å². The van der Waals surface area contributed by atoms with Gasteiger partial charge in [0.2, 0.25) is 0 Å². The molecule has 0 aromatic carbocycles. The van der Waals surface area contributed by atoms with Gasteiger partial charge in [-0.1, -0.05) is 12.7 Å². The lowest BCUT2D eigenvalue weighted by Gasteiger charge is -2.27. The molecule has 2 rings (SSSR count). The SMILES string of the molecule is C=C1C(=O)O[C@@H]2/C=C(\CO)CC/C=C(\CO)C[C@H](OC(C)=O)[C@@H]12. The van der Waals surface area contributed by atoms with Gasteiger partial charge in [-0.15, -0.1) is 0 Å². The predicted octanol–water partition coefficient (Wildman–Crippen LogP) is 1.04. The Labute approximate surface area is 135 Å². The molecule has 2 aliphatic rings. The van der Waals surface area contributed by atoms with Crippen molar-refractivity contribution in [3.05, 3.63) is 35.5 Å². The molecule has 1 fully saturated rings. The largest absolute Gasteiger partial charge is 0.461 e. The lowest BCUT2D eigenvalue weighted by Crippen LogP contribution is -2.33. The quantitative estimate of drug-likeness (QED) is 0.458. The lowest BCUT2D eigenvalue weighted by atomic mass is 9.85. The third kappa shape index (κ3) is 4.09. The minimum absolute atomic E-state index is 0.145. The van der Waals surface area contributed by atoms with Gasteiger partial charge < -0.3 is 19.7 Å². The van der Waals surface area contributed by atoms with E-state index in [0.717, 1.165) is 11.1 Å². The molecule has 1 aliphatic heterocycles. The molecule has 2 N–H and O–H groups in total. The molecule has 0 radical (unpaired) electrons. The maximum atomic E-state index is 11.9. The number of esters is 2. The fraction of sp³-hybridized carbons (Fsp3) is 0.529. The summed E-state index contributed by atoms with van der Waals surface area (Å²) in [7, 11) is 0. The van der Waals surface area contributed by atoms with Crippen LogP contribution in [0.4, 0.5) is 0 Å². The number of hydrogen-bond acceptors (Lipinski definition) is 6. The van der Waals surface area contributed by atoms with Gasteiger partial charge in [0, 0.05) is 18.9 Å². The Hall–Kier alpha value is -1.92. The first-order valence-electron chi connectivity index (χ1n) is 7.62. The normalized spacial score (nSPS) is 32.9. The molecule has 0 bridgehead atoms. The molecule has 6 heteroatoms. The van der Waals surface area contributed by atoms with Crippen molar-refractivity contribution >= 4 is 11.9 Å². The van der Waals surface area contributed by atoms with Crippen LogP contribution < -0.4 is 0 Å². The van der Waals surface area contributed by atoms with Crippen LogP contribution in [0.15, 0.2) is 35.5 Å². The highest BCUT2D eigenvalue weighted by Crippen LogP contribution is 2.36. The van der Waals surface area contributed by atoms with Gasteiger partial charge in [-0.05, 0) is 30.1 Å². The Bertz CT molecular complexity index is 559. The van der Waals surface area contributed by atoms with Crippen LogP contribution in [0.25, 0.3) is 0 Å². The van der Waals surface area contributed by atoms with Crippen molar-refractivity contribution in [1.82, 2.24) is 0 Å². The van der Waals surface area contributed by atoms with Crippen molar-refractivity contribution in [2.24, 2.45) is 5.92 Å². The molecule has 0 aromatic heterocycles. The van der Waals surface area contributed by atoms with Crippen LogP contribution >= 0.6 is 0 Å². The number of aliphatic hydroxyl groups excluding tert-OH is 2. The molecule has 0 amide bonds. The molecule has 1 aliphatic carbocycles. The van der Waals surface area contributed by atoms with Crippen LogP contribution in [0.2, 0.25) is 0 Å². The van der Waals surface area contributed by atoms with Crippen molar-refractivity contribution in [3.8, 4) is 0 Å². The summed E-state index contributed by atoms with van der Waals surface area (Å²) in [5.74, 6) is -1.53. The van der Waals surface area contributed by atoms with Crippen LogP contribution in [0.3, 0.4) is 0 Å². The van der Waals surface area contributed by atoms with Gasteiger partial charge >= 0.3 is 11.9 Å². The zero-order valence-electron chi connectivity index (χ0n) is 13.2. The van der Waals surface area contributed by atoms with E-state index < -0.39 is 30.1 Å².